The quantitative estimate of drug-likeness (QED) is 0.620. The standard InChI is InChI=1S/C22H29NO/c1-2-3-15-22(16-7-4-8-17-22)20-9-5-6-10-21(20)24-19-13-11-18(23)12-14-19/h5-6,9-14H,2-4,7-8,15-17,23H2,1H3. The molecule has 3 rings (SSSR count). The smallest absolute Gasteiger partial charge is 0.131 e. The van der Waals surface area contributed by atoms with Gasteiger partial charge in [0.15, 0.2) is 0 Å². The van der Waals surface area contributed by atoms with E-state index in [0.29, 0.717) is 5.41 Å². The predicted octanol–water partition coefficient (Wildman–Crippen LogP) is 6.45. The molecule has 0 unspecified atom stereocenters. The van der Waals surface area contributed by atoms with Crippen LogP contribution in [0, 0.1) is 0 Å². The lowest BCUT2D eigenvalue weighted by Crippen LogP contribution is -2.29. The third kappa shape index (κ3) is 3.75. The largest absolute Gasteiger partial charge is 0.457 e. The molecule has 0 heterocycles. The Morgan fingerprint density at radius 2 is 1.67 bits per heavy atom. The molecule has 0 amide bonds. The average Bonchev–Trinajstić information content (AvgIpc) is 2.63. The van der Waals surface area contributed by atoms with Crippen molar-refractivity contribution in [3.05, 3.63) is 54.1 Å². The number of unbranched alkanes of at least 4 members (excludes halogenated alkanes) is 1. The van der Waals surface area contributed by atoms with Gasteiger partial charge in [0, 0.05) is 11.3 Å². The van der Waals surface area contributed by atoms with Gasteiger partial charge < -0.3 is 10.5 Å². The lowest BCUT2D eigenvalue weighted by Gasteiger charge is -2.39. The fourth-order valence-corrected chi connectivity index (χ4v) is 4.05. The van der Waals surface area contributed by atoms with E-state index >= 15 is 0 Å². The Morgan fingerprint density at radius 3 is 2.38 bits per heavy atom. The zero-order chi connectivity index (χ0) is 16.8. The van der Waals surface area contributed by atoms with E-state index in [-0.39, 0.29) is 0 Å². The number of nitrogen functional groups attached to an aromatic ring is 1. The number of hydrogen-bond donors (Lipinski definition) is 1. The van der Waals surface area contributed by atoms with Crippen molar-refractivity contribution in [3.8, 4) is 11.5 Å². The molecule has 2 N–H and O–H groups in total. The summed E-state index contributed by atoms with van der Waals surface area (Å²) in [6, 6.07) is 16.3. The Kier molecular flexibility index (Phi) is 5.44. The van der Waals surface area contributed by atoms with E-state index in [9.17, 15) is 0 Å². The summed E-state index contributed by atoms with van der Waals surface area (Å²) in [6.07, 6.45) is 10.4. The second kappa shape index (κ2) is 7.74. The van der Waals surface area contributed by atoms with Crippen LogP contribution in [-0.2, 0) is 5.41 Å². The molecule has 2 nitrogen and oxygen atoms in total. The van der Waals surface area contributed by atoms with Crippen LogP contribution >= 0.6 is 0 Å². The van der Waals surface area contributed by atoms with Crippen LogP contribution in [0.1, 0.15) is 63.9 Å². The second-order valence-corrected chi connectivity index (χ2v) is 7.11. The monoisotopic (exact) mass is 323 g/mol. The van der Waals surface area contributed by atoms with Crippen molar-refractivity contribution in [1.29, 1.82) is 0 Å². The summed E-state index contributed by atoms with van der Waals surface area (Å²) in [7, 11) is 0. The fourth-order valence-electron chi connectivity index (χ4n) is 4.05. The molecular weight excluding hydrogens is 294 g/mol. The van der Waals surface area contributed by atoms with Crippen LogP contribution in [0.3, 0.4) is 0 Å². The molecule has 0 aliphatic heterocycles. The van der Waals surface area contributed by atoms with Crippen LogP contribution in [0.5, 0.6) is 11.5 Å². The highest BCUT2D eigenvalue weighted by Gasteiger charge is 2.35. The van der Waals surface area contributed by atoms with E-state index in [4.69, 9.17) is 10.5 Å². The van der Waals surface area contributed by atoms with Gasteiger partial charge in [-0.3, -0.25) is 0 Å². The summed E-state index contributed by atoms with van der Waals surface area (Å²) in [5.41, 5.74) is 8.24. The second-order valence-electron chi connectivity index (χ2n) is 7.11. The molecule has 1 aliphatic carbocycles. The highest BCUT2D eigenvalue weighted by molar-refractivity contribution is 5.46. The lowest BCUT2D eigenvalue weighted by molar-refractivity contribution is 0.261. The minimum Gasteiger partial charge on any atom is -0.457 e. The maximum absolute atomic E-state index is 6.27. The van der Waals surface area contributed by atoms with Crippen molar-refractivity contribution in [2.75, 3.05) is 5.73 Å². The van der Waals surface area contributed by atoms with Gasteiger partial charge in [0.05, 0.1) is 0 Å². The molecule has 128 valence electrons. The van der Waals surface area contributed by atoms with Crippen molar-refractivity contribution in [3.63, 3.8) is 0 Å². The predicted molar refractivity (Wildman–Crippen MR) is 102 cm³/mol. The van der Waals surface area contributed by atoms with Crippen molar-refractivity contribution in [1.82, 2.24) is 0 Å². The van der Waals surface area contributed by atoms with Crippen LogP contribution < -0.4 is 10.5 Å². The molecule has 0 spiro atoms. The van der Waals surface area contributed by atoms with Gasteiger partial charge in [-0.1, -0.05) is 57.2 Å². The van der Waals surface area contributed by atoms with Gasteiger partial charge in [0.1, 0.15) is 11.5 Å². The SMILES string of the molecule is CCCCC1(c2ccccc2Oc2ccc(N)cc2)CCCCC1. The maximum atomic E-state index is 6.27. The van der Waals surface area contributed by atoms with E-state index in [2.05, 4.69) is 31.2 Å². The molecule has 0 aromatic heterocycles. The molecule has 0 saturated heterocycles. The summed E-state index contributed by atoms with van der Waals surface area (Å²) in [6.45, 7) is 2.29. The van der Waals surface area contributed by atoms with Crippen LogP contribution in [0.25, 0.3) is 0 Å². The van der Waals surface area contributed by atoms with Crippen LogP contribution in [0.15, 0.2) is 48.5 Å². The number of ether oxygens (including phenoxy) is 1. The third-order valence-electron chi connectivity index (χ3n) is 5.39. The molecule has 2 heteroatoms. The molecule has 1 saturated carbocycles. The minimum atomic E-state index is 0.290. The van der Waals surface area contributed by atoms with Gasteiger partial charge in [-0.05, 0) is 55.0 Å². The Morgan fingerprint density at radius 1 is 0.958 bits per heavy atom. The van der Waals surface area contributed by atoms with Gasteiger partial charge in [0.25, 0.3) is 0 Å². The zero-order valence-corrected chi connectivity index (χ0v) is 14.8. The average molecular weight is 323 g/mol. The lowest BCUT2D eigenvalue weighted by atomic mass is 9.66. The van der Waals surface area contributed by atoms with Crippen molar-refractivity contribution in [2.24, 2.45) is 0 Å². The van der Waals surface area contributed by atoms with Crippen LogP contribution in [-0.4, -0.2) is 0 Å². The molecule has 2 aromatic rings. The topological polar surface area (TPSA) is 35.2 Å². The molecular formula is C22H29NO. The fraction of sp³-hybridized carbons (Fsp3) is 0.455. The highest BCUT2D eigenvalue weighted by Crippen LogP contribution is 2.47. The first-order valence-electron chi connectivity index (χ1n) is 9.36. The van der Waals surface area contributed by atoms with E-state index in [1.807, 2.05) is 24.3 Å². The molecule has 0 radical (unpaired) electrons. The van der Waals surface area contributed by atoms with Gasteiger partial charge >= 0.3 is 0 Å². The summed E-state index contributed by atoms with van der Waals surface area (Å²) in [5, 5.41) is 0. The number of hydrogen-bond acceptors (Lipinski definition) is 2. The molecule has 2 aromatic carbocycles. The highest BCUT2D eigenvalue weighted by atomic mass is 16.5. The van der Waals surface area contributed by atoms with E-state index in [0.717, 1.165) is 17.2 Å². The molecule has 0 bridgehead atoms. The Labute approximate surface area is 146 Å². The molecule has 0 atom stereocenters. The normalized spacial score (nSPS) is 16.7. The van der Waals surface area contributed by atoms with Gasteiger partial charge in [-0.25, -0.2) is 0 Å². The number of anilines is 1. The van der Waals surface area contributed by atoms with Crippen LogP contribution in [0.2, 0.25) is 0 Å². The van der Waals surface area contributed by atoms with Gasteiger partial charge in [-0.15, -0.1) is 0 Å². The number of para-hydroxylation sites is 1. The summed E-state index contributed by atoms with van der Waals surface area (Å²) in [5.74, 6) is 1.87. The summed E-state index contributed by atoms with van der Waals surface area (Å²) < 4.78 is 6.27. The number of rotatable bonds is 6. The minimum absolute atomic E-state index is 0.290. The van der Waals surface area contributed by atoms with E-state index < -0.39 is 0 Å². The maximum Gasteiger partial charge on any atom is 0.131 e. The van der Waals surface area contributed by atoms with Crippen molar-refractivity contribution >= 4 is 5.69 Å². The first-order valence-corrected chi connectivity index (χ1v) is 9.36. The molecule has 1 fully saturated rings. The first-order chi connectivity index (χ1) is 11.7. The summed E-state index contributed by atoms with van der Waals surface area (Å²) >= 11 is 0. The van der Waals surface area contributed by atoms with Gasteiger partial charge in [-0.2, -0.15) is 0 Å². The molecule has 1 aliphatic rings. The van der Waals surface area contributed by atoms with Crippen molar-refractivity contribution in [2.45, 2.75) is 63.7 Å². The third-order valence-corrected chi connectivity index (χ3v) is 5.39. The van der Waals surface area contributed by atoms with Crippen molar-refractivity contribution < 1.29 is 4.74 Å². The Hall–Kier alpha value is -1.96. The summed E-state index contributed by atoms with van der Waals surface area (Å²) in [4.78, 5) is 0. The van der Waals surface area contributed by atoms with E-state index in [1.165, 1.54) is 56.9 Å². The van der Waals surface area contributed by atoms with E-state index in [1.54, 1.807) is 0 Å². The number of nitrogens with two attached hydrogens (primary N) is 1. The zero-order valence-electron chi connectivity index (χ0n) is 14.8. The Bertz CT molecular complexity index is 641. The number of benzene rings is 2. The van der Waals surface area contributed by atoms with Crippen LogP contribution in [0.4, 0.5) is 5.69 Å². The first kappa shape index (κ1) is 16.9. The Balaban J connectivity index is 1.92. The van der Waals surface area contributed by atoms with Gasteiger partial charge in [0.2, 0.25) is 0 Å². The molecule has 24 heavy (non-hydrogen) atoms.